The van der Waals surface area contributed by atoms with Gasteiger partial charge < -0.3 is 10.1 Å². The second-order valence-corrected chi connectivity index (χ2v) is 8.60. The lowest BCUT2D eigenvalue weighted by Crippen LogP contribution is -2.38. The van der Waals surface area contributed by atoms with Gasteiger partial charge in [-0.3, -0.25) is 0 Å². The van der Waals surface area contributed by atoms with Crippen LogP contribution in [-0.2, 0) is 6.42 Å². The quantitative estimate of drug-likeness (QED) is 0.682. The van der Waals surface area contributed by atoms with Gasteiger partial charge in [-0.25, -0.2) is 0 Å². The lowest BCUT2D eigenvalue weighted by atomic mass is 9.69. The van der Waals surface area contributed by atoms with E-state index in [0.29, 0.717) is 12.0 Å². The molecule has 0 aliphatic heterocycles. The lowest BCUT2D eigenvalue weighted by molar-refractivity contribution is 0.0577. The van der Waals surface area contributed by atoms with E-state index in [2.05, 4.69) is 68.3 Å². The molecule has 4 rings (SSSR count). The van der Waals surface area contributed by atoms with Crippen LogP contribution < -0.4 is 10.1 Å². The van der Waals surface area contributed by atoms with Crippen molar-refractivity contribution in [1.29, 1.82) is 0 Å². The molecule has 1 N–H and O–H groups in total. The largest absolute Gasteiger partial charge is 0.485 e. The van der Waals surface area contributed by atoms with Crippen molar-refractivity contribution < 1.29 is 4.74 Å². The van der Waals surface area contributed by atoms with E-state index in [4.69, 9.17) is 4.74 Å². The third kappa shape index (κ3) is 3.89. The Hall–Kier alpha value is -2.06. The van der Waals surface area contributed by atoms with Gasteiger partial charge in [-0.15, -0.1) is 0 Å². The van der Waals surface area contributed by atoms with E-state index >= 15 is 0 Å². The van der Waals surface area contributed by atoms with Crippen molar-refractivity contribution in [3.63, 3.8) is 0 Å². The molecule has 148 valence electrons. The van der Waals surface area contributed by atoms with Gasteiger partial charge in [0.15, 0.2) is 0 Å². The molecule has 0 heterocycles. The van der Waals surface area contributed by atoms with Crippen molar-refractivity contribution in [2.45, 2.75) is 57.6 Å². The zero-order valence-corrected chi connectivity index (χ0v) is 17.3. The zero-order valence-electron chi connectivity index (χ0n) is 17.3. The summed E-state index contributed by atoms with van der Waals surface area (Å²) in [5, 5.41) is 3.53. The molecule has 2 unspecified atom stereocenters. The maximum atomic E-state index is 6.83. The van der Waals surface area contributed by atoms with Gasteiger partial charge in [0.2, 0.25) is 0 Å². The molecule has 0 radical (unpaired) electrons. The molecule has 28 heavy (non-hydrogen) atoms. The van der Waals surface area contributed by atoms with Crippen molar-refractivity contribution in [2.24, 2.45) is 11.8 Å². The van der Waals surface area contributed by atoms with Gasteiger partial charge in [0.25, 0.3) is 0 Å². The number of rotatable bonds is 5. The fraction of sp³-hybridized carbons (Fsp3) is 0.462. The van der Waals surface area contributed by atoms with Crippen LogP contribution in [0.2, 0.25) is 0 Å². The monoisotopic (exact) mass is 375 g/mol. The first-order valence-corrected chi connectivity index (χ1v) is 10.8. The van der Waals surface area contributed by atoms with Crippen LogP contribution in [-0.4, -0.2) is 13.1 Å². The van der Waals surface area contributed by atoms with E-state index in [0.717, 1.165) is 17.2 Å². The molecule has 1 fully saturated rings. The Morgan fingerprint density at radius 3 is 2.79 bits per heavy atom. The molecule has 2 aromatic rings. The highest BCUT2D eigenvalue weighted by atomic mass is 16.5. The summed E-state index contributed by atoms with van der Waals surface area (Å²) in [5.74, 6) is 2.27. The van der Waals surface area contributed by atoms with Gasteiger partial charge in [-0.05, 0) is 74.8 Å². The number of fused-ring (bicyclic) bond motifs is 1. The SMILES string of the molecule is C=Cc1ccc(C)cc1O[C@H]1c2ccccc2CCC1C1CCC[C@H](NC)C1. The third-order valence-electron chi connectivity index (χ3n) is 6.87. The highest BCUT2D eigenvalue weighted by Gasteiger charge is 2.38. The molecule has 0 spiro atoms. The summed E-state index contributed by atoms with van der Waals surface area (Å²) in [4.78, 5) is 0. The molecule has 0 amide bonds. The number of aryl methyl sites for hydroxylation is 2. The lowest BCUT2D eigenvalue weighted by Gasteiger charge is -2.41. The maximum Gasteiger partial charge on any atom is 0.127 e. The summed E-state index contributed by atoms with van der Waals surface area (Å²) in [6.07, 6.45) is 9.66. The smallest absolute Gasteiger partial charge is 0.127 e. The average molecular weight is 376 g/mol. The first-order chi connectivity index (χ1) is 13.7. The van der Waals surface area contributed by atoms with E-state index in [1.165, 1.54) is 55.2 Å². The summed E-state index contributed by atoms with van der Waals surface area (Å²) >= 11 is 0. The van der Waals surface area contributed by atoms with Gasteiger partial charge in [0.05, 0.1) is 0 Å². The average Bonchev–Trinajstić information content (AvgIpc) is 2.74. The van der Waals surface area contributed by atoms with Crippen molar-refractivity contribution in [1.82, 2.24) is 5.32 Å². The Morgan fingerprint density at radius 1 is 1.11 bits per heavy atom. The molecule has 2 aromatic carbocycles. The van der Waals surface area contributed by atoms with Crippen LogP contribution >= 0.6 is 0 Å². The van der Waals surface area contributed by atoms with Crippen molar-refractivity contribution in [3.05, 3.63) is 71.3 Å². The molecule has 2 nitrogen and oxygen atoms in total. The number of hydrogen-bond donors (Lipinski definition) is 1. The second kappa shape index (κ2) is 8.53. The fourth-order valence-corrected chi connectivity index (χ4v) is 5.31. The van der Waals surface area contributed by atoms with Gasteiger partial charge in [-0.2, -0.15) is 0 Å². The molecule has 4 atom stereocenters. The third-order valence-corrected chi connectivity index (χ3v) is 6.87. The predicted molar refractivity (Wildman–Crippen MR) is 118 cm³/mol. The summed E-state index contributed by atoms with van der Waals surface area (Å²) in [6, 6.07) is 16.0. The molecular weight excluding hydrogens is 342 g/mol. The molecule has 1 saturated carbocycles. The summed E-state index contributed by atoms with van der Waals surface area (Å²) in [7, 11) is 2.11. The summed E-state index contributed by atoms with van der Waals surface area (Å²) in [5.41, 5.74) is 5.16. The Morgan fingerprint density at radius 2 is 1.96 bits per heavy atom. The second-order valence-electron chi connectivity index (χ2n) is 8.60. The van der Waals surface area contributed by atoms with Crippen LogP contribution in [0, 0.1) is 18.8 Å². The minimum atomic E-state index is 0.131. The van der Waals surface area contributed by atoms with Crippen LogP contribution in [0.3, 0.4) is 0 Å². The minimum Gasteiger partial charge on any atom is -0.485 e. The number of nitrogens with one attached hydrogen (secondary N) is 1. The Kier molecular flexibility index (Phi) is 5.87. The topological polar surface area (TPSA) is 21.3 Å². The number of benzene rings is 2. The normalized spacial score (nSPS) is 27.1. The maximum absolute atomic E-state index is 6.83. The van der Waals surface area contributed by atoms with Crippen LogP contribution in [0.25, 0.3) is 6.08 Å². The summed E-state index contributed by atoms with van der Waals surface area (Å²) < 4.78 is 6.83. The minimum absolute atomic E-state index is 0.131. The Bertz CT molecular complexity index is 827. The van der Waals surface area contributed by atoms with Crippen LogP contribution in [0.4, 0.5) is 0 Å². The highest BCUT2D eigenvalue weighted by molar-refractivity contribution is 5.56. The van der Waals surface area contributed by atoms with Gasteiger partial charge in [0, 0.05) is 17.5 Å². The van der Waals surface area contributed by atoms with E-state index in [9.17, 15) is 0 Å². The standard InChI is InChI=1S/C26H33NO/c1-4-19-13-12-18(2)16-25(19)28-26-23-11-6-5-8-20(23)14-15-24(26)21-9-7-10-22(17-21)27-3/h4-6,8,11-13,16,21-22,24,26-27H,1,7,9-10,14-15,17H2,2-3H3/t21?,22-,24?,26-/m0/s1. The van der Waals surface area contributed by atoms with Crippen molar-refractivity contribution >= 4 is 6.08 Å². The van der Waals surface area contributed by atoms with Gasteiger partial charge in [0.1, 0.15) is 11.9 Å². The number of hydrogen-bond acceptors (Lipinski definition) is 2. The highest BCUT2D eigenvalue weighted by Crippen LogP contribution is 2.46. The van der Waals surface area contributed by atoms with Crippen molar-refractivity contribution in [2.75, 3.05) is 7.05 Å². The molecule has 0 bridgehead atoms. The van der Waals surface area contributed by atoms with E-state index < -0.39 is 0 Å². The molecule has 2 aliphatic carbocycles. The molecule has 2 heteroatoms. The molecular formula is C26H33NO. The first-order valence-electron chi connectivity index (χ1n) is 10.8. The van der Waals surface area contributed by atoms with Crippen LogP contribution in [0.5, 0.6) is 5.75 Å². The summed E-state index contributed by atoms with van der Waals surface area (Å²) in [6.45, 7) is 6.13. The fourth-order valence-electron chi connectivity index (χ4n) is 5.31. The van der Waals surface area contributed by atoms with E-state index in [1.807, 2.05) is 6.08 Å². The molecule has 2 aliphatic rings. The molecule has 0 aromatic heterocycles. The van der Waals surface area contributed by atoms with Crippen molar-refractivity contribution in [3.8, 4) is 5.75 Å². The van der Waals surface area contributed by atoms with Crippen LogP contribution in [0.1, 0.15) is 60.5 Å². The van der Waals surface area contributed by atoms with Gasteiger partial charge >= 0.3 is 0 Å². The van der Waals surface area contributed by atoms with E-state index in [1.54, 1.807) is 0 Å². The first kappa shape index (κ1) is 19.3. The Labute approximate surface area is 170 Å². The Balaban J connectivity index is 1.69. The van der Waals surface area contributed by atoms with Gasteiger partial charge in [-0.1, -0.05) is 55.5 Å². The van der Waals surface area contributed by atoms with E-state index in [-0.39, 0.29) is 6.10 Å². The predicted octanol–water partition coefficient (Wildman–Crippen LogP) is 6.10. The number of ether oxygens (including phenoxy) is 1. The van der Waals surface area contributed by atoms with Crippen LogP contribution in [0.15, 0.2) is 49.0 Å². The molecule has 0 saturated heterocycles. The zero-order chi connectivity index (χ0) is 19.5.